The van der Waals surface area contributed by atoms with Crippen LogP contribution in [0.2, 0.25) is 0 Å². The summed E-state index contributed by atoms with van der Waals surface area (Å²) in [6.07, 6.45) is 7.97. The molecule has 1 aliphatic rings. The van der Waals surface area contributed by atoms with Crippen LogP contribution < -0.4 is 11.1 Å². The highest BCUT2D eigenvalue weighted by molar-refractivity contribution is 9.10. The Hall–Kier alpha value is -0.840. The number of nitrogens with zero attached hydrogens (tertiary/aromatic N) is 2. The fraction of sp³-hybridized carbons (Fsp3) is 0.667. The number of nitrogens with one attached hydrogen (secondary N) is 1. The molecular formula is C12H19BrN4. The second-order valence-corrected chi connectivity index (χ2v) is 5.58. The number of nitrogens with two attached hydrogens (primary N) is 1. The molecule has 4 nitrogen and oxygen atoms in total. The zero-order valence-electron chi connectivity index (χ0n) is 10.1. The molecule has 0 aromatic carbocycles. The van der Waals surface area contributed by atoms with Crippen LogP contribution in [0, 0.1) is 5.92 Å². The van der Waals surface area contributed by atoms with Crippen molar-refractivity contribution in [3.05, 3.63) is 10.8 Å². The van der Waals surface area contributed by atoms with Gasteiger partial charge in [-0.25, -0.2) is 9.97 Å². The van der Waals surface area contributed by atoms with Crippen LogP contribution >= 0.6 is 15.9 Å². The van der Waals surface area contributed by atoms with Crippen molar-refractivity contribution in [3.8, 4) is 0 Å². The van der Waals surface area contributed by atoms with Gasteiger partial charge in [0.05, 0.1) is 0 Å². The van der Waals surface area contributed by atoms with E-state index in [0.29, 0.717) is 17.8 Å². The summed E-state index contributed by atoms with van der Waals surface area (Å²) in [6, 6.07) is 0.489. The molecule has 1 aliphatic carbocycles. The second-order valence-electron chi connectivity index (χ2n) is 4.79. The van der Waals surface area contributed by atoms with Crippen LogP contribution in [0.4, 0.5) is 11.6 Å². The van der Waals surface area contributed by atoms with Crippen LogP contribution in [0.1, 0.15) is 39.0 Å². The van der Waals surface area contributed by atoms with E-state index in [1.165, 1.54) is 38.4 Å². The fourth-order valence-electron chi connectivity index (χ4n) is 2.37. The molecular weight excluding hydrogens is 280 g/mol. The third-order valence-electron chi connectivity index (χ3n) is 3.50. The lowest BCUT2D eigenvalue weighted by atomic mass is 9.97. The molecule has 17 heavy (non-hydrogen) atoms. The van der Waals surface area contributed by atoms with Gasteiger partial charge in [-0.2, -0.15) is 0 Å². The Kier molecular flexibility index (Phi) is 4.20. The van der Waals surface area contributed by atoms with E-state index in [9.17, 15) is 0 Å². The standard InChI is InChI=1S/C12H19BrN4/c1-8-5-3-2-4-6-9(8)17-12-10(13)11(14)15-7-16-12/h7-9H,2-6H2,1H3,(H3,14,15,16,17). The molecule has 0 radical (unpaired) electrons. The molecule has 0 bridgehead atoms. The first-order valence-corrected chi connectivity index (χ1v) is 7.00. The maximum absolute atomic E-state index is 5.75. The normalized spacial score (nSPS) is 25.3. The Morgan fingerprint density at radius 1 is 1.29 bits per heavy atom. The molecule has 1 saturated carbocycles. The summed E-state index contributed by atoms with van der Waals surface area (Å²) in [7, 11) is 0. The van der Waals surface area contributed by atoms with Crippen molar-refractivity contribution >= 4 is 27.6 Å². The van der Waals surface area contributed by atoms with Crippen molar-refractivity contribution in [3.63, 3.8) is 0 Å². The number of nitrogen functional groups attached to an aromatic ring is 1. The van der Waals surface area contributed by atoms with E-state index in [1.54, 1.807) is 0 Å². The van der Waals surface area contributed by atoms with Gasteiger partial charge < -0.3 is 11.1 Å². The van der Waals surface area contributed by atoms with Gasteiger partial charge in [0.15, 0.2) is 0 Å². The average molecular weight is 299 g/mol. The number of anilines is 2. The SMILES string of the molecule is CC1CCCCCC1Nc1ncnc(N)c1Br. The molecule has 1 heterocycles. The van der Waals surface area contributed by atoms with E-state index in [2.05, 4.69) is 38.1 Å². The lowest BCUT2D eigenvalue weighted by Gasteiger charge is -2.23. The smallest absolute Gasteiger partial charge is 0.146 e. The summed E-state index contributed by atoms with van der Waals surface area (Å²) in [6.45, 7) is 2.31. The highest BCUT2D eigenvalue weighted by Crippen LogP contribution is 2.29. The number of hydrogen-bond donors (Lipinski definition) is 2. The molecule has 1 fully saturated rings. The third kappa shape index (κ3) is 3.09. The van der Waals surface area contributed by atoms with Gasteiger partial charge in [0.2, 0.25) is 0 Å². The van der Waals surface area contributed by atoms with Crippen molar-refractivity contribution in [1.82, 2.24) is 9.97 Å². The van der Waals surface area contributed by atoms with Crippen LogP contribution in [0.5, 0.6) is 0 Å². The molecule has 3 N–H and O–H groups in total. The Labute approximate surface area is 111 Å². The van der Waals surface area contributed by atoms with Gasteiger partial charge in [0, 0.05) is 6.04 Å². The summed E-state index contributed by atoms with van der Waals surface area (Å²) in [5.41, 5.74) is 5.75. The second kappa shape index (κ2) is 5.67. The maximum atomic E-state index is 5.75. The number of halogens is 1. The Balaban J connectivity index is 2.10. The molecule has 1 aromatic heterocycles. The predicted octanol–water partition coefficient (Wildman–Crippen LogP) is 3.20. The first-order valence-electron chi connectivity index (χ1n) is 6.21. The topological polar surface area (TPSA) is 63.8 Å². The highest BCUT2D eigenvalue weighted by Gasteiger charge is 2.21. The fourth-order valence-corrected chi connectivity index (χ4v) is 2.69. The largest absolute Gasteiger partial charge is 0.383 e. The summed E-state index contributed by atoms with van der Waals surface area (Å²) in [5.74, 6) is 1.99. The van der Waals surface area contributed by atoms with Crippen LogP contribution in [-0.4, -0.2) is 16.0 Å². The van der Waals surface area contributed by atoms with E-state index in [1.807, 2.05) is 0 Å². The van der Waals surface area contributed by atoms with E-state index in [0.717, 1.165) is 10.3 Å². The molecule has 2 atom stereocenters. The summed E-state index contributed by atoms with van der Waals surface area (Å²) >= 11 is 3.43. The van der Waals surface area contributed by atoms with Crippen LogP contribution in [0.15, 0.2) is 10.8 Å². The lowest BCUT2D eigenvalue weighted by Crippen LogP contribution is -2.27. The number of hydrogen-bond acceptors (Lipinski definition) is 4. The van der Waals surface area contributed by atoms with Crippen LogP contribution in [-0.2, 0) is 0 Å². The Morgan fingerprint density at radius 3 is 2.88 bits per heavy atom. The average Bonchev–Trinajstić information content (AvgIpc) is 2.51. The molecule has 1 aromatic rings. The maximum Gasteiger partial charge on any atom is 0.146 e. The zero-order chi connectivity index (χ0) is 12.3. The molecule has 0 amide bonds. The van der Waals surface area contributed by atoms with Crippen molar-refractivity contribution in [2.45, 2.75) is 45.1 Å². The quantitative estimate of drug-likeness (QED) is 0.823. The highest BCUT2D eigenvalue weighted by atomic mass is 79.9. The van der Waals surface area contributed by atoms with Crippen molar-refractivity contribution in [2.75, 3.05) is 11.1 Å². The first kappa shape index (κ1) is 12.6. The van der Waals surface area contributed by atoms with Gasteiger partial charge >= 0.3 is 0 Å². The van der Waals surface area contributed by atoms with Gasteiger partial charge in [0.25, 0.3) is 0 Å². The van der Waals surface area contributed by atoms with Crippen molar-refractivity contribution in [2.24, 2.45) is 5.92 Å². The minimum absolute atomic E-state index is 0.489. The summed E-state index contributed by atoms with van der Waals surface area (Å²) in [4.78, 5) is 8.20. The first-order chi connectivity index (χ1) is 8.18. The van der Waals surface area contributed by atoms with Crippen molar-refractivity contribution < 1.29 is 0 Å². The molecule has 0 aliphatic heterocycles. The molecule has 5 heteroatoms. The van der Waals surface area contributed by atoms with E-state index < -0.39 is 0 Å². The van der Waals surface area contributed by atoms with Crippen LogP contribution in [0.25, 0.3) is 0 Å². The lowest BCUT2D eigenvalue weighted by molar-refractivity contribution is 0.455. The van der Waals surface area contributed by atoms with Crippen molar-refractivity contribution in [1.29, 1.82) is 0 Å². The molecule has 2 rings (SSSR count). The summed E-state index contributed by atoms with van der Waals surface area (Å²) in [5, 5.41) is 3.50. The Bertz CT molecular complexity index is 383. The summed E-state index contributed by atoms with van der Waals surface area (Å²) < 4.78 is 0.774. The minimum Gasteiger partial charge on any atom is -0.383 e. The zero-order valence-corrected chi connectivity index (χ0v) is 11.7. The Morgan fingerprint density at radius 2 is 2.06 bits per heavy atom. The van der Waals surface area contributed by atoms with Gasteiger partial charge in [-0.3, -0.25) is 0 Å². The van der Waals surface area contributed by atoms with E-state index >= 15 is 0 Å². The van der Waals surface area contributed by atoms with E-state index in [-0.39, 0.29) is 0 Å². The molecule has 0 spiro atoms. The molecule has 0 saturated heterocycles. The third-order valence-corrected chi connectivity index (χ3v) is 4.28. The minimum atomic E-state index is 0.489. The predicted molar refractivity (Wildman–Crippen MR) is 73.8 cm³/mol. The monoisotopic (exact) mass is 298 g/mol. The van der Waals surface area contributed by atoms with Gasteiger partial charge in [-0.15, -0.1) is 0 Å². The number of aromatic nitrogens is 2. The van der Waals surface area contributed by atoms with Crippen LogP contribution in [0.3, 0.4) is 0 Å². The van der Waals surface area contributed by atoms with Gasteiger partial charge in [0.1, 0.15) is 22.4 Å². The molecule has 94 valence electrons. The van der Waals surface area contributed by atoms with E-state index in [4.69, 9.17) is 5.73 Å². The number of rotatable bonds is 2. The van der Waals surface area contributed by atoms with Gasteiger partial charge in [-0.1, -0.05) is 26.2 Å². The molecule has 2 unspecified atom stereocenters. The van der Waals surface area contributed by atoms with Gasteiger partial charge in [-0.05, 0) is 34.7 Å².